The van der Waals surface area contributed by atoms with Gasteiger partial charge < -0.3 is 5.32 Å². The Hall–Kier alpha value is -3.00. The van der Waals surface area contributed by atoms with Crippen LogP contribution in [0.2, 0.25) is 0 Å². The molecule has 7 nitrogen and oxygen atoms in total. The van der Waals surface area contributed by atoms with Gasteiger partial charge in [-0.1, -0.05) is 17.7 Å². The lowest BCUT2D eigenvalue weighted by molar-refractivity contribution is 0.0950. The topological polar surface area (TPSA) is 94.0 Å². The molecule has 0 aliphatic heterocycles. The van der Waals surface area contributed by atoms with Crippen LogP contribution < -0.4 is 5.32 Å². The van der Waals surface area contributed by atoms with Crippen molar-refractivity contribution in [1.82, 2.24) is 19.3 Å². The molecule has 2 heterocycles. The minimum atomic E-state index is -3.73. The molecule has 26 heavy (non-hydrogen) atoms. The van der Waals surface area contributed by atoms with E-state index in [-0.39, 0.29) is 22.9 Å². The monoisotopic (exact) mass is 370 g/mol. The van der Waals surface area contributed by atoms with E-state index in [1.807, 2.05) is 13.8 Å². The number of aryl methyl sites for hydroxylation is 2. The van der Waals surface area contributed by atoms with Gasteiger partial charge in [0, 0.05) is 18.6 Å². The summed E-state index contributed by atoms with van der Waals surface area (Å²) in [5.41, 5.74) is 2.63. The van der Waals surface area contributed by atoms with Crippen molar-refractivity contribution in [3.8, 4) is 0 Å². The minimum Gasteiger partial charge on any atom is -0.346 e. The Kier molecular flexibility index (Phi) is 4.85. The van der Waals surface area contributed by atoms with Crippen molar-refractivity contribution in [3.63, 3.8) is 0 Å². The molecule has 0 atom stereocenters. The first-order valence-electron chi connectivity index (χ1n) is 7.92. The Morgan fingerprint density at radius 1 is 1.08 bits per heavy atom. The predicted molar refractivity (Wildman–Crippen MR) is 96.1 cm³/mol. The summed E-state index contributed by atoms with van der Waals surface area (Å²) in [6.45, 7) is 3.92. The van der Waals surface area contributed by atoms with Gasteiger partial charge in [-0.2, -0.15) is 0 Å². The summed E-state index contributed by atoms with van der Waals surface area (Å²) in [4.78, 5) is 20.7. The molecule has 0 radical (unpaired) electrons. The molecule has 1 N–H and O–H groups in total. The van der Waals surface area contributed by atoms with Crippen LogP contribution in [-0.2, 0) is 16.6 Å². The fraction of sp³-hybridized carbons (Fsp3) is 0.167. The number of hydrogen-bond acceptors (Lipinski definition) is 5. The highest BCUT2D eigenvalue weighted by molar-refractivity contribution is 7.90. The molecule has 0 saturated carbocycles. The zero-order valence-electron chi connectivity index (χ0n) is 14.4. The maximum atomic E-state index is 12.6. The van der Waals surface area contributed by atoms with Crippen LogP contribution in [0.5, 0.6) is 0 Å². The molecule has 3 aromatic rings. The Labute approximate surface area is 151 Å². The lowest BCUT2D eigenvalue weighted by Gasteiger charge is -2.06. The van der Waals surface area contributed by atoms with Crippen molar-refractivity contribution < 1.29 is 13.2 Å². The van der Waals surface area contributed by atoms with Crippen molar-refractivity contribution in [3.05, 3.63) is 77.6 Å². The lowest BCUT2D eigenvalue weighted by Crippen LogP contribution is -2.23. The van der Waals surface area contributed by atoms with E-state index in [2.05, 4.69) is 15.3 Å². The van der Waals surface area contributed by atoms with Crippen LogP contribution in [-0.4, -0.2) is 28.3 Å². The first-order valence-corrected chi connectivity index (χ1v) is 9.36. The van der Waals surface area contributed by atoms with E-state index in [1.54, 1.807) is 36.7 Å². The summed E-state index contributed by atoms with van der Waals surface area (Å²) < 4.78 is 26.3. The van der Waals surface area contributed by atoms with Crippen LogP contribution in [0.3, 0.4) is 0 Å². The van der Waals surface area contributed by atoms with Crippen LogP contribution in [0.25, 0.3) is 0 Å². The van der Waals surface area contributed by atoms with E-state index in [0.29, 0.717) is 5.69 Å². The predicted octanol–water partition coefficient (Wildman–Crippen LogP) is 2.06. The molecule has 1 amide bonds. The van der Waals surface area contributed by atoms with Gasteiger partial charge in [-0.05, 0) is 32.0 Å². The van der Waals surface area contributed by atoms with Gasteiger partial charge in [0.2, 0.25) is 0 Å². The number of carbonyl (C=O) groups is 1. The van der Waals surface area contributed by atoms with Crippen LogP contribution >= 0.6 is 0 Å². The summed E-state index contributed by atoms with van der Waals surface area (Å²) in [6.07, 6.45) is 5.86. The maximum Gasteiger partial charge on any atom is 0.267 e. The molecule has 0 saturated heterocycles. The van der Waals surface area contributed by atoms with Gasteiger partial charge in [0.25, 0.3) is 15.9 Å². The highest BCUT2D eigenvalue weighted by Crippen LogP contribution is 2.16. The molecule has 1 aromatic carbocycles. The summed E-state index contributed by atoms with van der Waals surface area (Å²) in [5, 5.41) is 2.70. The number of aromatic nitrogens is 3. The molecule has 8 heteroatoms. The fourth-order valence-electron chi connectivity index (χ4n) is 2.28. The first kappa shape index (κ1) is 17.8. The maximum absolute atomic E-state index is 12.6. The fourth-order valence-corrected chi connectivity index (χ4v) is 3.47. The lowest BCUT2D eigenvalue weighted by atomic mass is 10.2. The van der Waals surface area contributed by atoms with Crippen LogP contribution in [0.15, 0.2) is 60.0 Å². The Morgan fingerprint density at radius 2 is 1.81 bits per heavy atom. The zero-order valence-corrected chi connectivity index (χ0v) is 15.2. The molecule has 0 aliphatic carbocycles. The number of hydrogen-bond donors (Lipinski definition) is 1. The summed E-state index contributed by atoms with van der Waals surface area (Å²) in [7, 11) is -3.73. The van der Waals surface area contributed by atoms with E-state index in [9.17, 15) is 13.2 Å². The molecule has 2 aromatic heterocycles. The second-order valence-corrected chi connectivity index (χ2v) is 7.72. The van der Waals surface area contributed by atoms with Crippen molar-refractivity contribution >= 4 is 15.9 Å². The molecule has 3 rings (SSSR count). The molecule has 134 valence electrons. The van der Waals surface area contributed by atoms with E-state index < -0.39 is 10.0 Å². The molecule has 0 aliphatic rings. The van der Waals surface area contributed by atoms with E-state index in [1.165, 1.54) is 18.5 Å². The average molecular weight is 370 g/mol. The normalized spacial score (nSPS) is 11.3. The average Bonchev–Trinajstić information content (AvgIpc) is 3.12. The highest BCUT2D eigenvalue weighted by atomic mass is 32.2. The Bertz CT molecular complexity index is 1020. The molecule has 0 spiro atoms. The smallest absolute Gasteiger partial charge is 0.267 e. The SMILES string of the molecule is Cc1ccc(S(=O)(=O)n2ccc(C(=O)NCc3cnc(C)cn3)c2)cc1. The summed E-state index contributed by atoms with van der Waals surface area (Å²) >= 11 is 0. The van der Waals surface area contributed by atoms with Gasteiger partial charge in [-0.3, -0.25) is 14.8 Å². The number of benzene rings is 1. The van der Waals surface area contributed by atoms with Gasteiger partial charge in [0.05, 0.1) is 34.6 Å². The van der Waals surface area contributed by atoms with Gasteiger partial charge in [0.15, 0.2) is 0 Å². The largest absolute Gasteiger partial charge is 0.346 e. The Balaban J connectivity index is 1.73. The number of nitrogens with one attached hydrogen (secondary N) is 1. The van der Waals surface area contributed by atoms with Crippen LogP contribution in [0, 0.1) is 13.8 Å². The van der Waals surface area contributed by atoms with Crippen molar-refractivity contribution in [2.24, 2.45) is 0 Å². The highest BCUT2D eigenvalue weighted by Gasteiger charge is 2.18. The molecular weight excluding hydrogens is 352 g/mol. The van der Waals surface area contributed by atoms with Crippen LogP contribution in [0.4, 0.5) is 0 Å². The van der Waals surface area contributed by atoms with Gasteiger partial charge >= 0.3 is 0 Å². The van der Waals surface area contributed by atoms with E-state index in [4.69, 9.17) is 0 Å². The summed E-state index contributed by atoms with van der Waals surface area (Å²) in [5.74, 6) is -0.384. The van der Waals surface area contributed by atoms with Crippen molar-refractivity contribution in [2.45, 2.75) is 25.3 Å². The third-order valence-electron chi connectivity index (χ3n) is 3.79. The van der Waals surface area contributed by atoms with Crippen molar-refractivity contribution in [1.29, 1.82) is 0 Å². The van der Waals surface area contributed by atoms with Gasteiger partial charge in [-0.15, -0.1) is 0 Å². The van der Waals surface area contributed by atoms with Gasteiger partial charge in [-0.25, -0.2) is 12.4 Å². The Morgan fingerprint density at radius 3 is 2.46 bits per heavy atom. The van der Waals surface area contributed by atoms with Crippen LogP contribution in [0.1, 0.15) is 27.3 Å². The van der Waals surface area contributed by atoms with Crippen molar-refractivity contribution in [2.75, 3.05) is 0 Å². The summed E-state index contributed by atoms with van der Waals surface area (Å²) in [6, 6.07) is 8.00. The third kappa shape index (κ3) is 3.80. The molecule has 0 fully saturated rings. The first-order chi connectivity index (χ1) is 12.4. The number of rotatable bonds is 5. The minimum absolute atomic E-state index is 0.167. The molecule has 0 bridgehead atoms. The quantitative estimate of drug-likeness (QED) is 0.742. The number of nitrogens with zero attached hydrogens (tertiary/aromatic N) is 3. The second-order valence-electron chi connectivity index (χ2n) is 5.88. The number of carbonyl (C=O) groups excluding carboxylic acids is 1. The van der Waals surface area contributed by atoms with E-state index in [0.717, 1.165) is 15.2 Å². The van der Waals surface area contributed by atoms with E-state index >= 15 is 0 Å². The second kappa shape index (κ2) is 7.09. The standard InChI is InChI=1S/C18H18N4O3S/c1-13-3-5-17(6-4-13)26(24,25)22-8-7-15(12-22)18(23)21-11-16-10-19-14(2)9-20-16/h3-10,12H,11H2,1-2H3,(H,21,23). The number of amides is 1. The zero-order chi connectivity index (χ0) is 18.7. The molecular formula is C18H18N4O3S. The molecule has 0 unspecified atom stereocenters. The third-order valence-corrected chi connectivity index (χ3v) is 5.44. The van der Waals surface area contributed by atoms with Gasteiger partial charge in [0.1, 0.15) is 0 Å².